The summed E-state index contributed by atoms with van der Waals surface area (Å²) in [4.78, 5) is 24.1. The summed E-state index contributed by atoms with van der Waals surface area (Å²) in [7, 11) is 6.17. The number of carbonyl (C=O) groups is 2. The molecule has 0 bridgehead atoms. The summed E-state index contributed by atoms with van der Waals surface area (Å²) in [5.41, 5.74) is 1.73. The van der Waals surface area contributed by atoms with Crippen LogP contribution in [0.1, 0.15) is 0 Å². The van der Waals surface area contributed by atoms with E-state index in [1.807, 2.05) is 12.1 Å². The molecule has 1 aromatic rings. The van der Waals surface area contributed by atoms with Gasteiger partial charge >= 0.3 is 0 Å². The number of hydrogen-bond donors (Lipinski definition) is 0. The Balaban J connectivity index is 2.31. The number of quaternary nitrogens is 1. The van der Waals surface area contributed by atoms with E-state index in [0.717, 1.165) is 5.69 Å². The third-order valence-corrected chi connectivity index (χ3v) is 2.69. The molecule has 17 heavy (non-hydrogen) atoms. The molecule has 2 amide bonds. The van der Waals surface area contributed by atoms with Crippen LogP contribution < -0.4 is 9.38 Å². The highest BCUT2D eigenvalue weighted by molar-refractivity contribution is 6.28. The van der Waals surface area contributed by atoms with Gasteiger partial charge in [-0.05, 0) is 12.1 Å². The topological polar surface area (TPSA) is 37.4 Å². The number of amides is 2. The minimum absolute atomic E-state index is 0.284. The SMILES string of the molecule is C[N+](C)(C)c1ccc(N2C(=O)C=CC2=O)cc1. The van der Waals surface area contributed by atoms with Gasteiger partial charge in [0.25, 0.3) is 11.8 Å². The highest BCUT2D eigenvalue weighted by Gasteiger charge is 2.25. The van der Waals surface area contributed by atoms with Gasteiger partial charge in [0, 0.05) is 24.3 Å². The van der Waals surface area contributed by atoms with Gasteiger partial charge in [-0.2, -0.15) is 0 Å². The van der Waals surface area contributed by atoms with Gasteiger partial charge < -0.3 is 0 Å². The van der Waals surface area contributed by atoms with Crippen LogP contribution in [0.25, 0.3) is 0 Å². The Morgan fingerprint density at radius 2 is 1.35 bits per heavy atom. The predicted molar refractivity (Wildman–Crippen MR) is 67.6 cm³/mol. The van der Waals surface area contributed by atoms with Crippen LogP contribution in [0, 0.1) is 0 Å². The monoisotopic (exact) mass is 231 g/mol. The number of anilines is 1. The lowest BCUT2D eigenvalue weighted by Crippen LogP contribution is -2.35. The smallest absolute Gasteiger partial charge is 0.258 e. The highest BCUT2D eigenvalue weighted by atomic mass is 16.2. The van der Waals surface area contributed by atoms with Gasteiger partial charge in [0.2, 0.25) is 0 Å². The van der Waals surface area contributed by atoms with Crippen molar-refractivity contribution in [1.29, 1.82) is 0 Å². The molecule has 2 rings (SSSR count). The van der Waals surface area contributed by atoms with Crippen molar-refractivity contribution in [2.45, 2.75) is 0 Å². The summed E-state index contributed by atoms with van der Waals surface area (Å²) in [6.45, 7) is 0. The number of nitrogens with zero attached hydrogens (tertiary/aromatic N) is 2. The third kappa shape index (κ3) is 2.12. The van der Waals surface area contributed by atoms with Crippen LogP contribution in [0.2, 0.25) is 0 Å². The molecule has 0 spiro atoms. The van der Waals surface area contributed by atoms with E-state index in [-0.39, 0.29) is 11.8 Å². The molecule has 1 aliphatic rings. The Kier molecular flexibility index (Phi) is 2.59. The van der Waals surface area contributed by atoms with Crippen LogP contribution in [0.5, 0.6) is 0 Å². The van der Waals surface area contributed by atoms with Gasteiger partial charge in [-0.1, -0.05) is 0 Å². The van der Waals surface area contributed by atoms with Crippen LogP contribution in [0.15, 0.2) is 36.4 Å². The van der Waals surface area contributed by atoms with E-state index >= 15 is 0 Å². The number of imide groups is 1. The molecule has 88 valence electrons. The van der Waals surface area contributed by atoms with Crippen molar-refractivity contribution >= 4 is 23.2 Å². The number of benzene rings is 1. The Labute approximate surface area is 100 Å². The maximum Gasteiger partial charge on any atom is 0.258 e. The van der Waals surface area contributed by atoms with E-state index in [9.17, 15) is 9.59 Å². The number of carbonyl (C=O) groups excluding carboxylic acids is 2. The summed E-state index contributed by atoms with van der Waals surface area (Å²) < 4.78 is 0.695. The van der Waals surface area contributed by atoms with Gasteiger partial charge in [-0.15, -0.1) is 0 Å². The van der Waals surface area contributed by atoms with Crippen LogP contribution >= 0.6 is 0 Å². The highest BCUT2D eigenvalue weighted by Crippen LogP contribution is 2.24. The fourth-order valence-electron chi connectivity index (χ4n) is 1.70. The molecule has 1 aromatic carbocycles. The average molecular weight is 231 g/mol. The largest absolute Gasteiger partial charge is 0.298 e. The van der Waals surface area contributed by atoms with Crippen molar-refractivity contribution in [3.05, 3.63) is 36.4 Å². The Morgan fingerprint density at radius 1 is 0.882 bits per heavy atom. The van der Waals surface area contributed by atoms with Crippen molar-refractivity contribution in [3.63, 3.8) is 0 Å². The van der Waals surface area contributed by atoms with Gasteiger partial charge in [-0.3, -0.25) is 14.1 Å². The summed E-state index contributed by atoms with van der Waals surface area (Å²) in [6.07, 6.45) is 2.58. The van der Waals surface area contributed by atoms with Gasteiger partial charge in [-0.25, -0.2) is 4.90 Å². The lowest BCUT2D eigenvalue weighted by molar-refractivity contribution is -0.119. The van der Waals surface area contributed by atoms with E-state index in [1.165, 1.54) is 17.1 Å². The van der Waals surface area contributed by atoms with Crippen molar-refractivity contribution < 1.29 is 9.59 Å². The van der Waals surface area contributed by atoms with E-state index < -0.39 is 0 Å². The first kappa shape index (κ1) is 11.5. The molecule has 0 fully saturated rings. The molecule has 0 aliphatic carbocycles. The van der Waals surface area contributed by atoms with Crippen molar-refractivity contribution in [3.8, 4) is 0 Å². The van der Waals surface area contributed by atoms with Crippen molar-refractivity contribution in [2.24, 2.45) is 0 Å². The minimum atomic E-state index is -0.284. The number of rotatable bonds is 2. The zero-order valence-corrected chi connectivity index (χ0v) is 10.2. The first-order valence-corrected chi connectivity index (χ1v) is 5.38. The maximum absolute atomic E-state index is 11.5. The lowest BCUT2D eigenvalue weighted by atomic mass is 10.2. The van der Waals surface area contributed by atoms with E-state index in [0.29, 0.717) is 10.2 Å². The summed E-state index contributed by atoms with van der Waals surface area (Å²) in [5.74, 6) is -0.569. The van der Waals surface area contributed by atoms with Gasteiger partial charge in [0.15, 0.2) is 0 Å². The second-order valence-corrected chi connectivity index (χ2v) is 4.87. The Morgan fingerprint density at radius 3 is 1.76 bits per heavy atom. The molecular weight excluding hydrogens is 216 g/mol. The molecule has 0 saturated heterocycles. The Bertz CT molecular complexity index is 477. The molecule has 1 heterocycles. The predicted octanol–water partition coefficient (Wildman–Crippen LogP) is 1.31. The molecule has 0 radical (unpaired) electrons. The first-order valence-electron chi connectivity index (χ1n) is 5.38. The minimum Gasteiger partial charge on any atom is -0.298 e. The maximum atomic E-state index is 11.5. The van der Waals surface area contributed by atoms with E-state index in [1.54, 1.807) is 12.1 Å². The molecule has 4 nitrogen and oxygen atoms in total. The summed E-state index contributed by atoms with van der Waals surface area (Å²) >= 11 is 0. The quantitative estimate of drug-likeness (QED) is 0.568. The lowest BCUT2D eigenvalue weighted by Gasteiger charge is -2.24. The summed E-state index contributed by atoms with van der Waals surface area (Å²) in [6, 6.07) is 7.44. The molecule has 0 atom stereocenters. The molecule has 1 aliphatic heterocycles. The number of hydrogen-bond acceptors (Lipinski definition) is 2. The molecule has 0 unspecified atom stereocenters. The molecule has 0 N–H and O–H groups in total. The van der Waals surface area contributed by atoms with Crippen LogP contribution in [-0.4, -0.2) is 33.0 Å². The zero-order valence-electron chi connectivity index (χ0n) is 10.2. The third-order valence-electron chi connectivity index (χ3n) is 2.69. The fraction of sp³-hybridized carbons (Fsp3) is 0.231. The zero-order chi connectivity index (χ0) is 12.6. The second kappa shape index (κ2) is 3.82. The van der Waals surface area contributed by atoms with Crippen LogP contribution in [0.4, 0.5) is 11.4 Å². The van der Waals surface area contributed by atoms with Crippen LogP contribution in [-0.2, 0) is 9.59 Å². The molecule has 0 aromatic heterocycles. The van der Waals surface area contributed by atoms with Crippen LogP contribution in [0.3, 0.4) is 0 Å². The normalized spacial score (nSPS) is 15.8. The Hall–Kier alpha value is -1.94. The standard InChI is InChI=1S/C13H15N2O2/c1-15(2,3)11-6-4-10(5-7-11)14-12(16)8-9-13(14)17/h4-9H,1-3H3/q+1. The second-order valence-electron chi connectivity index (χ2n) is 4.87. The van der Waals surface area contributed by atoms with E-state index in [4.69, 9.17) is 0 Å². The van der Waals surface area contributed by atoms with Gasteiger partial charge in [0.05, 0.1) is 26.8 Å². The fourth-order valence-corrected chi connectivity index (χ4v) is 1.70. The van der Waals surface area contributed by atoms with Crippen molar-refractivity contribution in [1.82, 2.24) is 4.48 Å². The first-order chi connectivity index (χ1) is 7.89. The molecular formula is C13H15N2O2+. The van der Waals surface area contributed by atoms with E-state index in [2.05, 4.69) is 21.1 Å². The molecule has 0 saturated carbocycles. The van der Waals surface area contributed by atoms with Crippen molar-refractivity contribution in [2.75, 3.05) is 26.0 Å². The average Bonchev–Trinajstić information content (AvgIpc) is 2.58. The van der Waals surface area contributed by atoms with Gasteiger partial charge in [0.1, 0.15) is 5.69 Å². The summed E-state index contributed by atoms with van der Waals surface area (Å²) in [5, 5.41) is 0. The molecule has 4 heteroatoms.